The molecule has 0 N–H and O–H groups in total. The number of thioether (sulfide) groups is 1. The van der Waals surface area contributed by atoms with Crippen LogP contribution in [0.15, 0.2) is 48.5 Å². The predicted octanol–water partition coefficient (Wildman–Crippen LogP) is 3.89. The molecule has 150 valence electrons. The summed E-state index contributed by atoms with van der Waals surface area (Å²) in [6.45, 7) is 0. The van der Waals surface area contributed by atoms with Gasteiger partial charge in [-0.05, 0) is 42.7 Å². The van der Waals surface area contributed by atoms with E-state index in [9.17, 15) is 19.6 Å². The number of para-hydroxylation sites is 1. The molecule has 2 heterocycles. The van der Waals surface area contributed by atoms with E-state index in [2.05, 4.69) is 11.1 Å². The van der Waals surface area contributed by atoms with Crippen LogP contribution in [0.25, 0.3) is 10.2 Å². The van der Waals surface area contributed by atoms with Gasteiger partial charge >= 0.3 is 0 Å². The Balaban J connectivity index is 1.71. The number of aromatic nitrogens is 1. The molecule has 8 heteroatoms. The molecule has 0 bridgehead atoms. The number of amides is 2. The molecule has 4 rings (SSSR count). The third kappa shape index (κ3) is 3.40. The normalized spacial score (nSPS) is 15.1. The fourth-order valence-corrected chi connectivity index (χ4v) is 5.05. The molecule has 0 radical (unpaired) electrons. The van der Waals surface area contributed by atoms with Crippen molar-refractivity contribution in [2.24, 2.45) is 0 Å². The van der Waals surface area contributed by atoms with Crippen molar-refractivity contribution in [3.8, 4) is 6.07 Å². The SMILES string of the molecule is CSCC[C@H](C(=O)[C@@H](C#N)c1nc2ccccc2s1)N1C(=O)c2ccccc2C1=O. The summed E-state index contributed by atoms with van der Waals surface area (Å²) in [7, 11) is 0. The number of carbonyl (C=O) groups excluding carboxylic acids is 3. The van der Waals surface area contributed by atoms with Gasteiger partial charge in [0.15, 0.2) is 11.7 Å². The number of Topliss-reactive ketones (excluding diaryl/α,β-unsaturated/α-hetero) is 1. The molecule has 30 heavy (non-hydrogen) atoms. The number of hydrogen-bond acceptors (Lipinski definition) is 7. The van der Waals surface area contributed by atoms with Gasteiger partial charge in [-0.25, -0.2) is 4.98 Å². The first-order valence-electron chi connectivity index (χ1n) is 9.31. The van der Waals surface area contributed by atoms with Gasteiger partial charge in [0.2, 0.25) is 0 Å². The number of benzene rings is 2. The number of rotatable bonds is 7. The van der Waals surface area contributed by atoms with E-state index in [0.717, 1.165) is 9.60 Å². The molecule has 0 saturated carbocycles. The average molecular weight is 436 g/mol. The van der Waals surface area contributed by atoms with Crippen LogP contribution < -0.4 is 0 Å². The van der Waals surface area contributed by atoms with E-state index in [1.807, 2.05) is 30.5 Å². The Bertz CT molecular complexity index is 1130. The van der Waals surface area contributed by atoms with Crippen LogP contribution in [0.1, 0.15) is 38.1 Å². The first-order chi connectivity index (χ1) is 14.6. The first-order valence-corrected chi connectivity index (χ1v) is 11.5. The van der Waals surface area contributed by atoms with Crippen molar-refractivity contribution in [1.29, 1.82) is 5.26 Å². The lowest BCUT2D eigenvalue weighted by molar-refractivity contribution is -0.123. The van der Waals surface area contributed by atoms with Gasteiger partial charge in [0.25, 0.3) is 11.8 Å². The molecule has 6 nitrogen and oxygen atoms in total. The van der Waals surface area contributed by atoms with Crippen LogP contribution in [0.2, 0.25) is 0 Å². The maximum absolute atomic E-state index is 13.5. The highest BCUT2D eigenvalue weighted by atomic mass is 32.2. The van der Waals surface area contributed by atoms with E-state index in [4.69, 9.17) is 0 Å². The summed E-state index contributed by atoms with van der Waals surface area (Å²) in [6, 6.07) is 15.0. The third-order valence-electron chi connectivity index (χ3n) is 5.03. The van der Waals surface area contributed by atoms with Crippen LogP contribution in [0.4, 0.5) is 0 Å². The number of carbonyl (C=O) groups is 3. The maximum atomic E-state index is 13.5. The van der Waals surface area contributed by atoms with Crippen molar-refractivity contribution < 1.29 is 14.4 Å². The van der Waals surface area contributed by atoms with Crippen molar-refractivity contribution in [3.05, 3.63) is 64.7 Å². The molecule has 0 unspecified atom stereocenters. The number of fused-ring (bicyclic) bond motifs is 2. The molecule has 2 aromatic carbocycles. The molecule has 0 saturated heterocycles. The van der Waals surface area contributed by atoms with Gasteiger partial charge < -0.3 is 0 Å². The molecular weight excluding hydrogens is 418 g/mol. The smallest absolute Gasteiger partial charge is 0.262 e. The van der Waals surface area contributed by atoms with Crippen molar-refractivity contribution in [2.75, 3.05) is 12.0 Å². The van der Waals surface area contributed by atoms with E-state index in [1.54, 1.807) is 24.3 Å². The van der Waals surface area contributed by atoms with Gasteiger partial charge in [-0.1, -0.05) is 24.3 Å². The Kier molecular flexibility index (Phi) is 5.66. The number of imide groups is 1. The first kappa shape index (κ1) is 20.3. The monoisotopic (exact) mass is 435 g/mol. The molecule has 3 aromatic rings. The summed E-state index contributed by atoms with van der Waals surface area (Å²) in [5, 5.41) is 10.2. The fourth-order valence-electron chi connectivity index (χ4n) is 3.57. The second kappa shape index (κ2) is 8.38. The third-order valence-corrected chi connectivity index (χ3v) is 6.78. The second-order valence-electron chi connectivity index (χ2n) is 6.81. The Labute approximate surface area is 181 Å². The molecular formula is C22H17N3O3S2. The molecule has 0 fully saturated rings. The van der Waals surface area contributed by atoms with Crippen molar-refractivity contribution in [2.45, 2.75) is 18.4 Å². The Hall–Kier alpha value is -3.02. The van der Waals surface area contributed by atoms with Crippen LogP contribution in [0.5, 0.6) is 0 Å². The predicted molar refractivity (Wildman–Crippen MR) is 117 cm³/mol. The van der Waals surface area contributed by atoms with Crippen LogP contribution in [-0.4, -0.2) is 45.5 Å². The number of nitriles is 1. The van der Waals surface area contributed by atoms with E-state index >= 15 is 0 Å². The minimum absolute atomic E-state index is 0.286. The summed E-state index contributed by atoms with van der Waals surface area (Å²) in [5.41, 5.74) is 1.29. The lowest BCUT2D eigenvalue weighted by Crippen LogP contribution is -2.46. The highest BCUT2D eigenvalue weighted by Crippen LogP contribution is 2.32. The van der Waals surface area contributed by atoms with E-state index in [1.165, 1.54) is 23.1 Å². The zero-order chi connectivity index (χ0) is 21.3. The highest BCUT2D eigenvalue weighted by molar-refractivity contribution is 7.98. The lowest BCUT2D eigenvalue weighted by atomic mass is 9.96. The summed E-state index contributed by atoms with van der Waals surface area (Å²) in [6.07, 6.45) is 2.17. The van der Waals surface area contributed by atoms with Crippen molar-refractivity contribution >= 4 is 50.9 Å². The molecule has 1 aromatic heterocycles. The largest absolute Gasteiger partial charge is 0.295 e. The standard InChI is InChI=1S/C22H17N3O3S2/c1-29-11-10-17(25-21(27)13-6-2-3-7-14(13)22(25)28)19(26)15(12-23)20-24-16-8-4-5-9-18(16)30-20/h2-9,15,17H,10-11H2,1H3/t15-,17-/m1/s1. The van der Waals surface area contributed by atoms with Gasteiger partial charge in [-0.2, -0.15) is 17.0 Å². The second-order valence-corrected chi connectivity index (χ2v) is 8.86. The minimum atomic E-state index is -1.14. The van der Waals surface area contributed by atoms with Crippen LogP contribution in [0, 0.1) is 11.3 Å². The molecule has 2 atom stereocenters. The lowest BCUT2D eigenvalue weighted by Gasteiger charge is -2.26. The van der Waals surface area contributed by atoms with E-state index < -0.39 is 29.6 Å². The summed E-state index contributed by atoms with van der Waals surface area (Å²) >= 11 is 2.80. The summed E-state index contributed by atoms with van der Waals surface area (Å²) < 4.78 is 0.877. The van der Waals surface area contributed by atoms with Crippen molar-refractivity contribution in [3.63, 3.8) is 0 Å². The van der Waals surface area contributed by atoms with E-state index in [-0.39, 0.29) is 17.5 Å². The average Bonchev–Trinajstić information content (AvgIpc) is 3.29. The molecule has 1 aliphatic heterocycles. The Morgan fingerprint density at radius 2 is 1.77 bits per heavy atom. The Morgan fingerprint density at radius 1 is 1.13 bits per heavy atom. The van der Waals surface area contributed by atoms with E-state index in [0.29, 0.717) is 16.3 Å². The molecule has 0 aliphatic carbocycles. The van der Waals surface area contributed by atoms with Gasteiger partial charge in [0.1, 0.15) is 11.0 Å². The number of thiazole rings is 1. The van der Waals surface area contributed by atoms with Crippen molar-refractivity contribution in [1.82, 2.24) is 9.88 Å². The zero-order valence-electron chi connectivity index (χ0n) is 16.1. The number of ketones is 1. The van der Waals surface area contributed by atoms with Gasteiger partial charge in [0.05, 0.1) is 27.4 Å². The number of nitrogens with zero attached hydrogens (tertiary/aromatic N) is 3. The molecule has 2 amide bonds. The van der Waals surface area contributed by atoms with Gasteiger partial charge in [-0.15, -0.1) is 11.3 Å². The van der Waals surface area contributed by atoms with Crippen LogP contribution in [-0.2, 0) is 4.79 Å². The maximum Gasteiger partial charge on any atom is 0.262 e. The fraction of sp³-hybridized carbons (Fsp3) is 0.227. The molecule has 1 aliphatic rings. The highest BCUT2D eigenvalue weighted by Gasteiger charge is 2.44. The Morgan fingerprint density at radius 3 is 2.37 bits per heavy atom. The van der Waals surface area contributed by atoms with Crippen LogP contribution in [0.3, 0.4) is 0 Å². The summed E-state index contributed by atoms with van der Waals surface area (Å²) in [4.78, 5) is 44.9. The van der Waals surface area contributed by atoms with Gasteiger partial charge in [-0.3, -0.25) is 19.3 Å². The zero-order valence-corrected chi connectivity index (χ0v) is 17.7. The molecule has 0 spiro atoms. The number of hydrogen-bond donors (Lipinski definition) is 0. The summed E-state index contributed by atoms with van der Waals surface area (Å²) in [5.74, 6) is -2.02. The van der Waals surface area contributed by atoms with Gasteiger partial charge in [0, 0.05) is 0 Å². The quantitative estimate of drug-likeness (QED) is 0.523. The topological polar surface area (TPSA) is 91.1 Å². The minimum Gasteiger partial charge on any atom is -0.295 e. The van der Waals surface area contributed by atoms with Crippen LogP contribution >= 0.6 is 23.1 Å².